The van der Waals surface area contributed by atoms with Gasteiger partial charge in [0.2, 0.25) is 0 Å². The summed E-state index contributed by atoms with van der Waals surface area (Å²) in [6.45, 7) is 3.62. The quantitative estimate of drug-likeness (QED) is 0.574. The van der Waals surface area contributed by atoms with Gasteiger partial charge in [-0.25, -0.2) is 0 Å². The van der Waals surface area contributed by atoms with Crippen LogP contribution < -0.4 is 10.5 Å². The molecule has 0 spiro atoms. The highest BCUT2D eigenvalue weighted by Crippen LogP contribution is 2.26. The van der Waals surface area contributed by atoms with E-state index in [1.807, 2.05) is 18.3 Å². The maximum atomic E-state index is 6.01. The maximum Gasteiger partial charge on any atom is 0.122 e. The third kappa shape index (κ3) is 8.08. The van der Waals surface area contributed by atoms with Gasteiger partial charge in [0.15, 0.2) is 0 Å². The van der Waals surface area contributed by atoms with E-state index in [0.29, 0.717) is 6.54 Å². The molecule has 0 bridgehead atoms. The zero-order valence-electron chi connectivity index (χ0n) is 14.9. The summed E-state index contributed by atoms with van der Waals surface area (Å²) in [5.74, 6) is 1.26. The highest BCUT2D eigenvalue weighted by molar-refractivity contribution is 5.85. The molecule has 0 aliphatic rings. The molecule has 2 rings (SSSR count). The molecule has 0 radical (unpaired) electrons. The molecular weight excluding hydrogens is 355 g/mol. The molecular formula is C20H30Cl2N2O. The van der Waals surface area contributed by atoms with Gasteiger partial charge in [0.25, 0.3) is 0 Å². The average Bonchev–Trinajstić information content (AvgIpc) is 2.61. The zero-order valence-corrected chi connectivity index (χ0v) is 16.5. The molecule has 0 saturated heterocycles. The summed E-state index contributed by atoms with van der Waals surface area (Å²) in [4.78, 5) is 4.21. The van der Waals surface area contributed by atoms with E-state index < -0.39 is 0 Å². The van der Waals surface area contributed by atoms with Crippen molar-refractivity contribution in [3.05, 3.63) is 59.9 Å². The average molecular weight is 385 g/mol. The standard InChI is InChI=1S/C20H28N2O.2ClH/c1-2-3-4-7-13-23-20-11-6-5-9-17(20)14-19(15-21)18-10-8-12-22-16-18;;/h5-6,8-12,16,19H,2-4,7,13-15,21H2,1H3;2*1H. The van der Waals surface area contributed by atoms with Gasteiger partial charge in [-0.1, -0.05) is 50.5 Å². The lowest BCUT2D eigenvalue weighted by atomic mass is 9.93. The number of unbranched alkanes of at least 4 members (excludes halogenated alkanes) is 3. The van der Waals surface area contributed by atoms with Crippen LogP contribution >= 0.6 is 24.8 Å². The zero-order chi connectivity index (χ0) is 16.3. The van der Waals surface area contributed by atoms with Crippen LogP contribution in [-0.4, -0.2) is 18.1 Å². The van der Waals surface area contributed by atoms with Crippen molar-refractivity contribution in [3.63, 3.8) is 0 Å². The van der Waals surface area contributed by atoms with Crippen LogP contribution in [0.1, 0.15) is 49.7 Å². The van der Waals surface area contributed by atoms with E-state index in [-0.39, 0.29) is 30.7 Å². The highest BCUT2D eigenvalue weighted by Gasteiger charge is 2.13. The second-order valence-corrected chi connectivity index (χ2v) is 5.94. The Morgan fingerprint density at radius 2 is 1.84 bits per heavy atom. The van der Waals surface area contributed by atoms with Crippen molar-refractivity contribution < 1.29 is 4.74 Å². The van der Waals surface area contributed by atoms with Crippen LogP contribution in [0.3, 0.4) is 0 Å². The minimum absolute atomic E-state index is 0. The fourth-order valence-electron chi connectivity index (χ4n) is 2.74. The number of benzene rings is 1. The van der Waals surface area contributed by atoms with E-state index in [2.05, 4.69) is 36.2 Å². The lowest BCUT2D eigenvalue weighted by Gasteiger charge is -2.17. The maximum absolute atomic E-state index is 6.01. The van der Waals surface area contributed by atoms with Gasteiger partial charge < -0.3 is 10.5 Å². The molecule has 1 aromatic carbocycles. The Morgan fingerprint density at radius 1 is 1.04 bits per heavy atom. The summed E-state index contributed by atoms with van der Waals surface area (Å²) in [5, 5.41) is 0. The summed E-state index contributed by atoms with van der Waals surface area (Å²) in [7, 11) is 0. The molecule has 1 heterocycles. The number of nitrogens with zero attached hydrogens (tertiary/aromatic N) is 1. The Balaban J connectivity index is 0.00000288. The minimum Gasteiger partial charge on any atom is -0.493 e. The van der Waals surface area contributed by atoms with Crippen molar-refractivity contribution in [2.45, 2.75) is 44.9 Å². The molecule has 2 aromatic rings. The molecule has 0 amide bonds. The van der Waals surface area contributed by atoms with Gasteiger partial charge in [0.05, 0.1) is 6.61 Å². The molecule has 1 unspecified atom stereocenters. The summed E-state index contributed by atoms with van der Waals surface area (Å²) >= 11 is 0. The monoisotopic (exact) mass is 384 g/mol. The van der Waals surface area contributed by atoms with Gasteiger partial charge in [-0.15, -0.1) is 24.8 Å². The van der Waals surface area contributed by atoms with E-state index in [4.69, 9.17) is 10.5 Å². The Hall–Kier alpha value is -1.29. The smallest absolute Gasteiger partial charge is 0.122 e. The molecule has 25 heavy (non-hydrogen) atoms. The molecule has 0 aliphatic heterocycles. The van der Waals surface area contributed by atoms with Crippen LogP contribution in [0.5, 0.6) is 5.75 Å². The van der Waals surface area contributed by atoms with Crippen LogP contribution in [0.4, 0.5) is 0 Å². The van der Waals surface area contributed by atoms with Crippen molar-refractivity contribution in [3.8, 4) is 5.75 Å². The first-order chi connectivity index (χ1) is 11.3. The number of rotatable bonds is 10. The summed E-state index contributed by atoms with van der Waals surface area (Å²) in [6.07, 6.45) is 9.47. The molecule has 3 nitrogen and oxygen atoms in total. The first kappa shape index (κ1) is 23.7. The van der Waals surface area contributed by atoms with E-state index in [1.165, 1.54) is 30.4 Å². The largest absolute Gasteiger partial charge is 0.493 e. The summed E-state index contributed by atoms with van der Waals surface area (Å²) in [6, 6.07) is 12.4. The van der Waals surface area contributed by atoms with Gasteiger partial charge in [0.1, 0.15) is 5.75 Å². The van der Waals surface area contributed by atoms with Crippen LogP contribution in [0, 0.1) is 0 Å². The Bertz CT molecular complexity index is 567. The molecule has 1 aromatic heterocycles. The van der Waals surface area contributed by atoms with Gasteiger partial charge in [0, 0.05) is 18.3 Å². The van der Waals surface area contributed by atoms with Crippen molar-refractivity contribution in [1.29, 1.82) is 0 Å². The third-order valence-electron chi connectivity index (χ3n) is 4.13. The van der Waals surface area contributed by atoms with Gasteiger partial charge in [-0.05, 0) is 42.6 Å². The number of ether oxygens (including phenoxy) is 1. The van der Waals surface area contributed by atoms with Gasteiger partial charge in [-0.2, -0.15) is 0 Å². The number of aromatic nitrogens is 1. The fourth-order valence-corrected chi connectivity index (χ4v) is 2.74. The van der Waals surface area contributed by atoms with Gasteiger partial charge in [-0.3, -0.25) is 4.98 Å². The number of para-hydroxylation sites is 1. The van der Waals surface area contributed by atoms with Gasteiger partial charge >= 0.3 is 0 Å². The number of hydrogen-bond donors (Lipinski definition) is 1. The number of nitrogens with two attached hydrogens (primary N) is 1. The number of hydrogen-bond acceptors (Lipinski definition) is 3. The van der Waals surface area contributed by atoms with E-state index in [1.54, 1.807) is 6.20 Å². The first-order valence-corrected chi connectivity index (χ1v) is 8.65. The highest BCUT2D eigenvalue weighted by atomic mass is 35.5. The van der Waals surface area contributed by atoms with Crippen molar-refractivity contribution >= 4 is 24.8 Å². The predicted molar refractivity (Wildman–Crippen MR) is 110 cm³/mol. The second kappa shape index (κ2) is 13.9. The molecule has 0 fully saturated rings. The Morgan fingerprint density at radius 3 is 2.52 bits per heavy atom. The Kier molecular flexibility index (Phi) is 13.2. The molecule has 0 saturated carbocycles. The molecule has 1 atom stereocenters. The van der Waals surface area contributed by atoms with Crippen LogP contribution in [0.15, 0.2) is 48.8 Å². The summed E-state index contributed by atoms with van der Waals surface area (Å²) < 4.78 is 6.01. The molecule has 5 heteroatoms. The van der Waals surface area contributed by atoms with Crippen molar-refractivity contribution in [2.75, 3.05) is 13.2 Å². The Labute approximate surface area is 164 Å². The van der Waals surface area contributed by atoms with E-state index in [0.717, 1.165) is 25.2 Å². The number of halogens is 2. The predicted octanol–water partition coefficient (Wildman–Crippen LogP) is 5.17. The molecule has 140 valence electrons. The number of pyridine rings is 1. The third-order valence-corrected chi connectivity index (χ3v) is 4.13. The van der Waals surface area contributed by atoms with E-state index >= 15 is 0 Å². The van der Waals surface area contributed by atoms with Crippen LogP contribution in [-0.2, 0) is 6.42 Å². The van der Waals surface area contributed by atoms with E-state index in [9.17, 15) is 0 Å². The van der Waals surface area contributed by atoms with Crippen LogP contribution in [0.25, 0.3) is 0 Å². The lowest BCUT2D eigenvalue weighted by Crippen LogP contribution is -2.15. The topological polar surface area (TPSA) is 48.1 Å². The van der Waals surface area contributed by atoms with Crippen molar-refractivity contribution in [2.24, 2.45) is 5.73 Å². The first-order valence-electron chi connectivity index (χ1n) is 8.65. The SMILES string of the molecule is CCCCCCOc1ccccc1CC(CN)c1cccnc1.Cl.Cl. The molecule has 0 aliphatic carbocycles. The normalized spacial score (nSPS) is 11.1. The van der Waals surface area contributed by atoms with Crippen molar-refractivity contribution in [1.82, 2.24) is 4.98 Å². The van der Waals surface area contributed by atoms with Crippen LogP contribution in [0.2, 0.25) is 0 Å². The minimum atomic E-state index is 0. The molecule has 2 N–H and O–H groups in total. The fraction of sp³-hybridized carbons (Fsp3) is 0.450. The summed E-state index contributed by atoms with van der Waals surface area (Å²) in [5.41, 5.74) is 8.40. The lowest BCUT2D eigenvalue weighted by molar-refractivity contribution is 0.301. The second-order valence-electron chi connectivity index (χ2n) is 5.94.